The molecule has 0 aliphatic heterocycles. The van der Waals surface area contributed by atoms with E-state index in [1.165, 1.54) is 17.7 Å². The van der Waals surface area contributed by atoms with Crippen LogP contribution in [0.25, 0.3) is 0 Å². The Hall–Kier alpha value is -1.59. The highest BCUT2D eigenvalue weighted by Crippen LogP contribution is 2.26. The lowest BCUT2D eigenvalue weighted by Crippen LogP contribution is -2.33. The third kappa shape index (κ3) is 5.84. The molecule has 128 valence electrons. The molecule has 0 aromatic heterocycles. The number of nitrogens with zero attached hydrogens (tertiary/aromatic N) is 1. The number of likely N-dealkylation sites (N-methyl/N-ethyl adjacent to an activating group) is 1. The van der Waals surface area contributed by atoms with E-state index in [0.717, 1.165) is 30.0 Å². The zero-order chi connectivity index (χ0) is 16.7. The smallest absolute Gasteiger partial charge is 0.321 e. The second kappa shape index (κ2) is 8.89. The first-order chi connectivity index (χ1) is 11.1. The van der Waals surface area contributed by atoms with E-state index in [-0.39, 0.29) is 12.6 Å². The number of ether oxygens (including phenoxy) is 1. The predicted octanol–water partition coefficient (Wildman–Crippen LogP) is 3.24. The highest BCUT2D eigenvalue weighted by Gasteiger charge is 2.19. The Kier molecular flexibility index (Phi) is 6.86. The van der Waals surface area contributed by atoms with Crippen molar-refractivity contribution in [3.8, 4) is 0 Å². The van der Waals surface area contributed by atoms with Crippen LogP contribution < -0.4 is 5.32 Å². The molecule has 0 unspecified atom stereocenters. The largest absolute Gasteiger partial charge is 0.395 e. The van der Waals surface area contributed by atoms with Crippen LogP contribution in [0.4, 0.5) is 10.5 Å². The number of urea groups is 1. The minimum Gasteiger partial charge on any atom is -0.395 e. The number of carbonyl (C=O) groups excluding carboxylic acids is 1. The molecule has 0 radical (unpaired) electrons. The van der Waals surface area contributed by atoms with Crippen molar-refractivity contribution in [2.24, 2.45) is 5.92 Å². The van der Waals surface area contributed by atoms with Crippen LogP contribution in [0.5, 0.6) is 0 Å². The second-order valence-electron chi connectivity index (χ2n) is 6.48. The molecule has 5 heteroatoms. The molecule has 1 aromatic rings. The fourth-order valence-electron chi connectivity index (χ4n) is 2.95. The van der Waals surface area contributed by atoms with Gasteiger partial charge in [0.05, 0.1) is 19.3 Å². The SMILES string of the molecule is C[C@H]1CCC[C@@H](OCc2cccc(NC(=O)N(C)CCO)c2)C1. The van der Waals surface area contributed by atoms with Crippen LogP contribution in [0.1, 0.15) is 38.2 Å². The van der Waals surface area contributed by atoms with E-state index in [1.54, 1.807) is 7.05 Å². The van der Waals surface area contributed by atoms with Crippen molar-refractivity contribution in [3.63, 3.8) is 0 Å². The van der Waals surface area contributed by atoms with E-state index >= 15 is 0 Å². The Balaban J connectivity index is 1.85. The molecule has 2 atom stereocenters. The molecule has 0 heterocycles. The first kappa shape index (κ1) is 17.8. The van der Waals surface area contributed by atoms with Crippen molar-refractivity contribution < 1.29 is 14.6 Å². The molecule has 5 nitrogen and oxygen atoms in total. The Morgan fingerprint density at radius 2 is 2.26 bits per heavy atom. The lowest BCUT2D eigenvalue weighted by molar-refractivity contribution is 0.00468. The van der Waals surface area contributed by atoms with Gasteiger partial charge in [-0.2, -0.15) is 0 Å². The molecule has 0 bridgehead atoms. The van der Waals surface area contributed by atoms with E-state index in [9.17, 15) is 4.79 Å². The van der Waals surface area contributed by atoms with Crippen LogP contribution in [-0.4, -0.2) is 42.3 Å². The minimum absolute atomic E-state index is 0.0440. The lowest BCUT2D eigenvalue weighted by Gasteiger charge is -2.26. The van der Waals surface area contributed by atoms with Crippen LogP contribution in [0.15, 0.2) is 24.3 Å². The standard InChI is InChI=1S/C18H28N2O3/c1-14-5-3-8-17(11-14)23-13-15-6-4-7-16(12-15)19-18(22)20(2)9-10-21/h4,6-7,12,14,17,21H,3,5,8-11,13H2,1-2H3,(H,19,22)/t14-,17+/m0/s1. The Morgan fingerprint density at radius 1 is 1.43 bits per heavy atom. The maximum atomic E-state index is 11.9. The van der Waals surface area contributed by atoms with E-state index in [0.29, 0.717) is 19.3 Å². The van der Waals surface area contributed by atoms with Gasteiger partial charge >= 0.3 is 6.03 Å². The van der Waals surface area contributed by atoms with Gasteiger partial charge in [-0.3, -0.25) is 0 Å². The minimum atomic E-state index is -0.224. The summed E-state index contributed by atoms with van der Waals surface area (Å²) in [6.45, 7) is 3.13. The fourth-order valence-corrected chi connectivity index (χ4v) is 2.95. The number of anilines is 1. The van der Waals surface area contributed by atoms with Gasteiger partial charge in [-0.25, -0.2) is 4.79 Å². The highest BCUT2D eigenvalue weighted by atomic mass is 16.5. The number of hydrogen-bond donors (Lipinski definition) is 2. The molecule has 1 saturated carbocycles. The molecule has 1 fully saturated rings. The third-order valence-corrected chi connectivity index (χ3v) is 4.33. The van der Waals surface area contributed by atoms with Gasteiger partial charge in [0.2, 0.25) is 0 Å². The van der Waals surface area contributed by atoms with Crippen molar-refractivity contribution in [1.29, 1.82) is 0 Å². The maximum absolute atomic E-state index is 11.9. The molecular formula is C18H28N2O3. The summed E-state index contributed by atoms with van der Waals surface area (Å²) < 4.78 is 6.03. The quantitative estimate of drug-likeness (QED) is 0.846. The average molecular weight is 320 g/mol. The van der Waals surface area contributed by atoms with E-state index in [4.69, 9.17) is 9.84 Å². The number of hydrogen-bond acceptors (Lipinski definition) is 3. The average Bonchev–Trinajstić information content (AvgIpc) is 2.53. The number of carbonyl (C=O) groups is 1. The Bertz CT molecular complexity index is 507. The maximum Gasteiger partial charge on any atom is 0.321 e. The number of aliphatic hydroxyl groups is 1. The summed E-state index contributed by atoms with van der Waals surface area (Å²) in [5.41, 5.74) is 1.81. The lowest BCUT2D eigenvalue weighted by atomic mass is 9.89. The normalized spacial score (nSPS) is 21.0. The van der Waals surface area contributed by atoms with Crippen LogP contribution in [0, 0.1) is 5.92 Å². The van der Waals surface area contributed by atoms with Gasteiger partial charge in [-0.05, 0) is 36.5 Å². The molecule has 0 saturated heterocycles. The molecule has 0 spiro atoms. The summed E-state index contributed by atoms with van der Waals surface area (Å²) >= 11 is 0. The third-order valence-electron chi connectivity index (χ3n) is 4.33. The van der Waals surface area contributed by atoms with Crippen LogP contribution >= 0.6 is 0 Å². The van der Waals surface area contributed by atoms with Gasteiger partial charge in [-0.1, -0.05) is 31.9 Å². The number of aliphatic hydroxyl groups excluding tert-OH is 1. The zero-order valence-electron chi connectivity index (χ0n) is 14.1. The van der Waals surface area contributed by atoms with Crippen molar-refractivity contribution in [2.75, 3.05) is 25.5 Å². The van der Waals surface area contributed by atoms with Crippen molar-refractivity contribution in [1.82, 2.24) is 4.90 Å². The number of nitrogens with one attached hydrogen (secondary N) is 1. The molecule has 2 rings (SSSR count). The van der Waals surface area contributed by atoms with Crippen LogP contribution in [0.2, 0.25) is 0 Å². The van der Waals surface area contributed by atoms with E-state index in [1.807, 2.05) is 24.3 Å². The zero-order valence-corrected chi connectivity index (χ0v) is 14.1. The molecule has 23 heavy (non-hydrogen) atoms. The second-order valence-corrected chi connectivity index (χ2v) is 6.48. The van der Waals surface area contributed by atoms with Gasteiger partial charge < -0.3 is 20.1 Å². The molecular weight excluding hydrogens is 292 g/mol. The van der Waals surface area contributed by atoms with Gasteiger partial charge in [0.1, 0.15) is 0 Å². The molecule has 1 aliphatic rings. The molecule has 2 amide bonds. The molecule has 1 aliphatic carbocycles. The van der Waals surface area contributed by atoms with Crippen molar-refractivity contribution in [2.45, 2.75) is 45.3 Å². The predicted molar refractivity (Wildman–Crippen MR) is 91.4 cm³/mol. The van der Waals surface area contributed by atoms with Crippen molar-refractivity contribution >= 4 is 11.7 Å². The monoisotopic (exact) mass is 320 g/mol. The van der Waals surface area contributed by atoms with Crippen LogP contribution in [0.3, 0.4) is 0 Å². The summed E-state index contributed by atoms with van der Waals surface area (Å²) in [4.78, 5) is 13.4. The summed E-state index contributed by atoms with van der Waals surface area (Å²) in [7, 11) is 1.66. The first-order valence-corrected chi connectivity index (χ1v) is 8.42. The summed E-state index contributed by atoms with van der Waals surface area (Å²) in [6, 6.07) is 7.51. The highest BCUT2D eigenvalue weighted by molar-refractivity contribution is 5.89. The van der Waals surface area contributed by atoms with Gasteiger partial charge in [0.25, 0.3) is 0 Å². The van der Waals surface area contributed by atoms with Crippen LogP contribution in [-0.2, 0) is 11.3 Å². The number of rotatable bonds is 6. The summed E-state index contributed by atoms with van der Waals surface area (Å²) in [5.74, 6) is 0.751. The Labute approximate surface area is 138 Å². The Morgan fingerprint density at radius 3 is 3.00 bits per heavy atom. The number of benzene rings is 1. The van der Waals surface area contributed by atoms with Gasteiger partial charge in [0, 0.05) is 19.3 Å². The fraction of sp³-hybridized carbons (Fsp3) is 0.611. The first-order valence-electron chi connectivity index (χ1n) is 8.42. The van der Waals surface area contributed by atoms with E-state index in [2.05, 4.69) is 12.2 Å². The van der Waals surface area contributed by atoms with Gasteiger partial charge in [0.15, 0.2) is 0 Å². The summed E-state index contributed by atoms with van der Waals surface area (Å²) in [5, 5.41) is 11.7. The number of amides is 2. The topological polar surface area (TPSA) is 61.8 Å². The summed E-state index contributed by atoms with van der Waals surface area (Å²) in [6.07, 6.45) is 5.20. The van der Waals surface area contributed by atoms with Crippen molar-refractivity contribution in [3.05, 3.63) is 29.8 Å². The van der Waals surface area contributed by atoms with Gasteiger partial charge in [-0.15, -0.1) is 0 Å². The molecule has 2 N–H and O–H groups in total. The van der Waals surface area contributed by atoms with E-state index < -0.39 is 0 Å². The molecule has 1 aromatic carbocycles.